The van der Waals surface area contributed by atoms with E-state index in [2.05, 4.69) is 4.90 Å². The van der Waals surface area contributed by atoms with Gasteiger partial charge in [-0.1, -0.05) is 11.3 Å². The van der Waals surface area contributed by atoms with Crippen LogP contribution in [-0.2, 0) is 6.54 Å². The van der Waals surface area contributed by atoms with Crippen LogP contribution in [0.2, 0.25) is 0 Å². The quantitative estimate of drug-likeness (QED) is 0.672. The molecule has 1 aromatic rings. The van der Waals surface area contributed by atoms with Crippen LogP contribution in [0.25, 0.3) is 0 Å². The molecule has 2 aliphatic rings. The van der Waals surface area contributed by atoms with Crippen molar-refractivity contribution in [3.8, 4) is 0 Å². The second-order valence-electron chi connectivity index (χ2n) is 5.29. The molecule has 1 aromatic heterocycles. The van der Waals surface area contributed by atoms with Crippen molar-refractivity contribution in [2.24, 2.45) is 5.73 Å². The predicted molar refractivity (Wildman–Crippen MR) is 70.5 cm³/mol. The number of rotatable bonds is 3. The number of piperidine rings is 1. The van der Waals surface area contributed by atoms with Crippen molar-refractivity contribution in [3.05, 3.63) is 27.1 Å². The lowest BCUT2D eigenvalue weighted by atomic mass is 9.98. The molecule has 2 saturated heterocycles. The molecule has 2 N–H and O–H groups in total. The highest BCUT2D eigenvalue weighted by Crippen LogP contribution is 2.37. The van der Waals surface area contributed by atoms with Gasteiger partial charge in [-0.15, -0.1) is 0 Å². The van der Waals surface area contributed by atoms with Crippen LogP contribution in [0.3, 0.4) is 0 Å². The van der Waals surface area contributed by atoms with Gasteiger partial charge in [-0.05, 0) is 31.7 Å². The first kappa shape index (κ1) is 12.1. The predicted octanol–water partition coefficient (Wildman–Crippen LogP) is 2.11. The average molecular weight is 267 g/mol. The Morgan fingerprint density at radius 3 is 2.61 bits per heavy atom. The summed E-state index contributed by atoms with van der Waals surface area (Å²) >= 11 is 1.30. The largest absolute Gasteiger partial charge is 0.328 e. The first-order chi connectivity index (χ1) is 8.63. The van der Waals surface area contributed by atoms with Gasteiger partial charge in [0.25, 0.3) is 0 Å². The number of nitro groups is 1. The number of nitrogens with two attached hydrogens (primary N) is 1. The molecular formula is C12H17N3O2S. The summed E-state index contributed by atoms with van der Waals surface area (Å²) in [4.78, 5) is 14.0. The van der Waals surface area contributed by atoms with E-state index >= 15 is 0 Å². The van der Waals surface area contributed by atoms with Crippen molar-refractivity contribution in [2.75, 3.05) is 0 Å². The second-order valence-corrected chi connectivity index (χ2v) is 6.43. The van der Waals surface area contributed by atoms with E-state index in [-0.39, 0.29) is 9.92 Å². The zero-order chi connectivity index (χ0) is 12.7. The van der Waals surface area contributed by atoms with E-state index < -0.39 is 0 Å². The fraction of sp³-hybridized carbons (Fsp3) is 0.667. The number of hydrogen-bond acceptors (Lipinski definition) is 5. The van der Waals surface area contributed by atoms with Crippen molar-refractivity contribution in [3.63, 3.8) is 0 Å². The average Bonchev–Trinajstić information content (AvgIpc) is 2.85. The first-order valence-electron chi connectivity index (χ1n) is 6.38. The van der Waals surface area contributed by atoms with Gasteiger partial charge in [-0.2, -0.15) is 0 Å². The van der Waals surface area contributed by atoms with Crippen molar-refractivity contribution >= 4 is 16.3 Å². The van der Waals surface area contributed by atoms with Crippen LogP contribution in [0.5, 0.6) is 0 Å². The third-order valence-electron chi connectivity index (χ3n) is 4.09. The van der Waals surface area contributed by atoms with Crippen molar-refractivity contribution < 1.29 is 4.92 Å². The molecule has 0 aliphatic carbocycles. The molecule has 0 amide bonds. The number of thiophene rings is 1. The van der Waals surface area contributed by atoms with E-state index in [9.17, 15) is 10.1 Å². The van der Waals surface area contributed by atoms with Crippen LogP contribution in [0.1, 0.15) is 30.6 Å². The van der Waals surface area contributed by atoms with Gasteiger partial charge < -0.3 is 5.73 Å². The van der Waals surface area contributed by atoms with E-state index in [1.54, 1.807) is 6.07 Å². The molecule has 0 radical (unpaired) electrons. The molecule has 2 atom stereocenters. The van der Waals surface area contributed by atoms with Gasteiger partial charge in [0.1, 0.15) is 0 Å². The summed E-state index contributed by atoms with van der Waals surface area (Å²) in [6.07, 6.45) is 4.60. The van der Waals surface area contributed by atoms with Gasteiger partial charge >= 0.3 is 5.00 Å². The summed E-state index contributed by atoms with van der Waals surface area (Å²) in [5, 5.41) is 10.9. The summed E-state index contributed by atoms with van der Waals surface area (Å²) in [5.74, 6) is 0. The van der Waals surface area contributed by atoms with Gasteiger partial charge in [0.2, 0.25) is 0 Å². The Kier molecular flexibility index (Phi) is 3.09. The molecule has 3 heterocycles. The smallest absolute Gasteiger partial charge is 0.324 e. The van der Waals surface area contributed by atoms with Crippen LogP contribution in [0.4, 0.5) is 5.00 Å². The highest BCUT2D eigenvalue weighted by molar-refractivity contribution is 7.15. The molecule has 5 nitrogen and oxygen atoms in total. The van der Waals surface area contributed by atoms with Gasteiger partial charge in [-0.3, -0.25) is 15.0 Å². The summed E-state index contributed by atoms with van der Waals surface area (Å²) in [7, 11) is 0. The molecular weight excluding hydrogens is 250 g/mol. The Bertz CT molecular complexity index is 448. The molecule has 2 aliphatic heterocycles. The molecule has 2 unspecified atom stereocenters. The van der Waals surface area contributed by atoms with Crippen LogP contribution < -0.4 is 5.73 Å². The van der Waals surface area contributed by atoms with Gasteiger partial charge in [0.05, 0.1) is 4.92 Å². The van der Waals surface area contributed by atoms with Crippen molar-refractivity contribution in [2.45, 2.75) is 50.4 Å². The second kappa shape index (κ2) is 4.60. The highest BCUT2D eigenvalue weighted by Gasteiger charge is 2.39. The zero-order valence-corrected chi connectivity index (χ0v) is 10.9. The minimum Gasteiger partial charge on any atom is -0.328 e. The monoisotopic (exact) mass is 267 g/mol. The van der Waals surface area contributed by atoms with E-state index in [4.69, 9.17) is 5.73 Å². The molecule has 6 heteroatoms. The molecule has 2 fully saturated rings. The number of hydrogen-bond donors (Lipinski definition) is 1. The SMILES string of the molecule is NC1CC2CCC(C1)N2Cc1ccc([N+](=O)[O-])s1. The maximum atomic E-state index is 10.7. The maximum absolute atomic E-state index is 10.7. The zero-order valence-electron chi connectivity index (χ0n) is 10.1. The Balaban J connectivity index is 1.71. The lowest BCUT2D eigenvalue weighted by molar-refractivity contribution is -0.380. The summed E-state index contributed by atoms with van der Waals surface area (Å²) in [6, 6.07) is 5.00. The third kappa shape index (κ3) is 2.15. The Hall–Kier alpha value is -0.980. The van der Waals surface area contributed by atoms with Crippen molar-refractivity contribution in [1.29, 1.82) is 0 Å². The normalized spacial score (nSPS) is 31.7. The van der Waals surface area contributed by atoms with E-state index in [1.807, 2.05) is 6.07 Å². The summed E-state index contributed by atoms with van der Waals surface area (Å²) in [5.41, 5.74) is 6.04. The maximum Gasteiger partial charge on any atom is 0.324 e. The fourth-order valence-electron chi connectivity index (χ4n) is 3.30. The minimum absolute atomic E-state index is 0.242. The third-order valence-corrected chi connectivity index (χ3v) is 5.11. The van der Waals surface area contributed by atoms with E-state index in [0.29, 0.717) is 18.1 Å². The molecule has 3 rings (SSSR count). The highest BCUT2D eigenvalue weighted by atomic mass is 32.1. The molecule has 0 saturated carbocycles. The topological polar surface area (TPSA) is 72.4 Å². The molecule has 0 aromatic carbocycles. The van der Waals surface area contributed by atoms with Gasteiger partial charge in [-0.25, -0.2) is 0 Å². The molecule has 0 spiro atoms. The van der Waals surface area contributed by atoms with E-state index in [1.165, 1.54) is 24.2 Å². The first-order valence-corrected chi connectivity index (χ1v) is 7.19. The van der Waals surface area contributed by atoms with E-state index in [0.717, 1.165) is 24.3 Å². The Morgan fingerprint density at radius 2 is 2.06 bits per heavy atom. The standard InChI is InChI=1S/C12H17N3O2S/c13-8-5-9-1-2-10(6-8)14(9)7-11-3-4-12(18-11)15(16)17/h3-4,8-10H,1-2,5-7,13H2. The summed E-state index contributed by atoms with van der Waals surface area (Å²) < 4.78 is 0. The van der Waals surface area contributed by atoms with Gasteiger partial charge in [0.15, 0.2) is 0 Å². The lowest BCUT2D eigenvalue weighted by Gasteiger charge is -2.37. The number of nitrogens with zero attached hydrogens (tertiary/aromatic N) is 2. The lowest BCUT2D eigenvalue weighted by Crippen LogP contribution is -2.46. The van der Waals surface area contributed by atoms with Crippen LogP contribution in [0, 0.1) is 10.1 Å². The minimum atomic E-state index is -0.311. The van der Waals surface area contributed by atoms with Gasteiger partial charge in [0, 0.05) is 35.6 Å². The van der Waals surface area contributed by atoms with Crippen molar-refractivity contribution in [1.82, 2.24) is 4.90 Å². The van der Waals surface area contributed by atoms with Crippen LogP contribution in [-0.4, -0.2) is 27.9 Å². The number of fused-ring (bicyclic) bond motifs is 2. The molecule has 18 heavy (non-hydrogen) atoms. The Labute approximate surface area is 110 Å². The fourth-order valence-corrected chi connectivity index (χ4v) is 4.13. The van der Waals surface area contributed by atoms with Crippen LogP contribution >= 0.6 is 11.3 Å². The molecule has 2 bridgehead atoms. The summed E-state index contributed by atoms with van der Waals surface area (Å²) in [6.45, 7) is 0.848. The molecule has 98 valence electrons. The van der Waals surface area contributed by atoms with Crippen LogP contribution in [0.15, 0.2) is 12.1 Å². The Morgan fingerprint density at radius 1 is 1.39 bits per heavy atom.